The van der Waals surface area contributed by atoms with Gasteiger partial charge in [-0.3, -0.25) is 10.1 Å². The van der Waals surface area contributed by atoms with Crippen LogP contribution in [0.5, 0.6) is 0 Å². The first-order valence-corrected chi connectivity index (χ1v) is 6.62. The van der Waals surface area contributed by atoms with Crippen molar-refractivity contribution >= 4 is 21.8 Å². The topological polar surface area (TPSA) is 41.6 Å². The SMILES string of the molecule is Cc1ccc(-c2n[nH]c3c2cnc2ccccc23)cc1. The Hall–Kier alpha value is -2.68. The minimum Gasteiger partial charge on any atom is -0.276 e. The third kappa shape index (κ3) is 1.60. The van der Waals surface area contributed by atoms with Crippen molar-refractivity contribution in [3.63, 3.8) is 0 Å². The number of benzene rings is 2. The molecule has 0 bridgehead atoms. The zero-order valence-corrected chi connectivity index (χ0v) is 11.1. The quantitative estimate of drug-likeness (QED) is 0.559. The number of nitrogens with zero attached hydrogens (tertiary/aromatic N) is 2. The molecule has 0 amide bonds. The average Bonchev–Trinajstić information content (AvgIpc) is 2.92. The Balaban J connectivity index is 2.02. The molecular formula is C17H13N3. The van der Waals surface area contributed by atoms with Crippen LogP contribution in [-0.4, -0.2) is 15.2 Å². The summed E-state index contributed by atoms with van der Waals surface area (Å²) in [5.41, 5.74) is 5.35. The molecule has 20 heavy (non-hydrogen) atoms. The Morgan fingerprint density at radius 2 is 1.70 bits per heavy atom. The molecule has 0 aliphatic carbocycles. The molecule has 0 saturated heterocycles. The summed E-state index contributed by atoms with van der Waals surface area (Å²) in [6.07, 6.45) is 1.90. The van der Waals surface area contributed by atoms with E-state index in [0.29, 0.717) is 0 Å². The predicted octanol–water partition coefficient (Wildman–Crippen LogP) is 4.09. The zero-order chi connectivity index (χ0) is 13.5. The molecule has 0 unspecified atom stereocenters. The van der Waals surface area contributed by atoms with Gasteiger partial charge < -0.3 is 0 Å². The highest BCUT2D eigenvalue weighted by atomic mass is 15.1. The maximum atomic E-state index is 4.53. The van der Waals surface area contributed by atoms with Crippen molar-refractivity contribution in [2.24, 2.45) is 0 Å². The lowest BCUT2D eigenvalue weighted by Gasteiger charge is -2.00. The number of nitrogens with one attached hydrogen (secondary N) is 1. The maximum Gasteiger partial charge on any atom is 0.101 e. The summed E-state index contributed by atoms with van der Waals surface area (Å²) in [6, 6.07) is 16.5. The smallest absolute Gasteiger partial charge is 0.101 e. The van der Waals surface area contributed by atoms with Crippen LogP contribution in [0.15, 0.2) is 54.7 Å². The van der Waals surface area contributed by atoms with E-state index in [4.69, 9.17) is 0 Å². The van der Waals surface area contributed by atoms with Gasteiger partial charge in [0.15, 0.2) is 0 Å². The van der Waals surface area contributed by atoms with Crippen LogP contribution in [0.4, 0.5) is 0 Å². The molecular weight excluding hydrogens is 246 g/mol. The average molecular weight is 259 g/mol. The van der Waals surface area contributed by atoms with Gasteiger partial charge in [0.05, 0.1) is 11.0 Å². The van der Waals surface area contributed by atoms with Crippen molar-refractivity contribution in [3.05, 3.63) is 60.3 Å². The summed E-state index contributed by atoms with van der Waals surface area (Å²) in [7, 11) is 0. The molecule has 1 N–H and O–H groups in total. The van der Waals surface area contributed by atoms with Crippen molar-refractivity contribution in [1.82, 2.24) is 15.2 Å². The molecule has 3 nitrogen and oxygen atoms in total. The van der Waals surface area contributed by atoms with Crippen LogP contribution >= 0.6 is 0 Å². The number of aromatic nitrogens is 3. The van der Waals surface area contributed by atoms with Crippen molar-refractivity contribution in [2.75, 3.05) is 0 Å². The number of aromatic amines is 1. The van der Waals surface area contributed by atoms with Crippen LogP contribution in [0.3, 0.4) is 0 Å². The molecule has 0 saturated carbocycles. The van der Waals surface area contributed by atoms with Crippen molar-refractivity contribution in [2.45, 2.75) is 6.92 Å². The summed E-state index contributed by atoms with van der Waals surface area (Å²) in [6.45, 7) is 2.08. The largest absolute Gasteiger partial charge is 0.276 e. The fraction of sp³-hybridized carbons (Fsp3) is 0.0588. The highest BCUT2D eigenvalue weighted by Crippen LogP contribution is 2.29. The predicted molar refractivity (Wildman–Crippen MR) is 81.6 cm³/mol. The highest BCUT2D eigenvalue weighted by Gasteiger charge is 2.10. The second kappa shape index (κ2) is 4.17. The second-order valence-electron chi connectivity index (χ2n) is 5.00. The van der Waals surface area contributed by atoms with Crippen molar-refractivity contribution in [3.8, 4) is 11.3 Å². The number of para-hydroxylation sites is 1. The van der Waals surface area contributed by atoms with Crippen LogP contribution in [0, 0.1) is 6.92 Å². The van der Waals surface area contributed by atoms with Crippen molar-refractivity contribution < 1.29 is 0 Å². The number of pyridine rings is 1. The molecule has 0 aliphatic rings. The molecule has 0 atom stereocenters. The van der Waals surface area contributed by atoms with Crippen LogP contribution in [-0.2, 0) is 0 Å². The molecule has 2 aromatic heterocycles. The Morgan fingerprint density at radius 1 is 0.900 bits per heavy atom. The van der Waals surface area contributed by atoms with E-state index >= 15 is 0 Å². The summed E-state index contributed by atoms with van der Waals surface area (Å²) < 4.78 is 0. The van der Waals surface area contributed by atoms with Crippen LogP contribution in [0.1, 0.15) is 5.56 Å². The summed E-state index contributed by atoms with van der Waals surface area (Å²) in [5, 5.41) is 9.80. The number of hydrogen-bond acceptors (Lipinski definition) is 2. The van der Waals surface area contributed by atoms with Gasteiger partial charge in [0.2, 0.25) is 0 Å². The lowest BCUT2D eigenvalue weighted by Crippen LogP contribution is -1.81. The van der Waals surface area contributed by atoms with Gasteiger partial charge in [-0.15, -0.1) is 0 Å². The monoisotopic (exact) mass is 259 g/mol. The van der Waals surface area contributed by atoms with E-state index in [1.54, 1.807) is 0 Å². The van der Waals surface area contributed by atoms with Gasteiger partial charge >= 0.3 is 0 Å². The van der Waals surface area contributed by atoms with E-state index in [-0.39, 0.29) is 0 Å². The summed E-state index contributed by atoms with van der Waals surface area (Å²) >= 11 is 0. The van der Waals surface area contributed by atoms with E-state index in [1.165, 1.54) is 5.56 Å². The Labute approximate surface area is 116 Å². The molecule has 4 rings (SSSR count). The molecule has 2 aromatic carbocycles. The minimum atomic E-state index is 0.957. The fourth-order valence-electron chi connectivity index (χ4n) is 2.54. The maximum absolute atomic E-state index is 4.53. The number of aryl methyl sites for hydroxylation is 1. The first-order valence-electron chi connectivity index (χ1n) is 6.62. The van der Waals surface area contributed by atoms with E-state index in [2.05, 4.69) is 52.4 Å². The van der Waals surface area contributed by atoms with Gasteiger partial charge in [0, 0.05) is 22.5 Å². The normalized spacial score (nSPS) is 11.2. The van der Waals surface area contributed by atoms with Gasteiger partial charge in [-0.05, 0) is 13.0 Å². The summed E-state index contributed by atoms with van der Waals surface area (Å²) in [5.74, 6) is 0. The van der Waals surface area contributed by atoms with Crippen LogP contribution in [0.25, 0.3) is 33.1 Å². The molecule has 2 heterocycles. The molecule has 0 aliphatic heterocycles. The highest BCUT2D eigenvalue weighted by molar-refractivity contribution is 6.07. The number of hydrogen-bond donors (Lipinski definition) is 1. The van der Waals surface area contributed by atoms with Gasteiger partial charge in [-0.2, -0.15) is 5.10 Å². The lowest BCUT2D eigenvalue weighted by molar-refractivity contribution is 1.13. The van der Waals surface area contributed by atoms with Gasteiger partial charge in [-0.25, -0.2) is 0 Å². The third-order valence-corrected chi connectivity index (χ3v) is 3.64. The molecule has 3 heteroatoms. The molecule has 4 aromatic rings. The van der Waals surface area contributed by atoms with E-state index in [0.717, 1.165) is 33.1 Å². The number of rotatable bonds is 1. The zero-order valence-electron chi connectivity index (χ0n) is 11.1. The van der Waals surface area contributed by atoms with Crippen LogP contribution < -0.4 is 0 Å². The molecule has 96 valence electrons. The lowest BCUT2D eigenvalue weighted by atomic mass is 10.1. The first-order chi connectivity index (χ1) is 9.83. The Bertz CT molecular complexity index is 904. The van der Waals surface area contributed by atoms with Gasteiger partial charge in [0.25, 0.3) is 0 Å². The second-order valence-corrected chi connectivity index (χ2v) is 5.00. The van der Waals surface area contributed by atoms with E-state index in [9.17, 15) is 0 Å². The molecule has 0 fully saturated rings. The fourth-order valence-corrected chi connectivity index (χ4v) is 2.54. The van der Waals surface area contributed by atoms with Crippen LogP contribution in [0.2, 0.25) is 0 Å². The Kier molecular flexibility index (Phi) is 2.33. The Morgan fingerprint density at radius 3 is 2.55 bits per heavy atom. The molecule has 0 radical (unpaired) electrons. The summed E-state index contributed by atoms with van der Waals surface area (Å²) in [4.78, 5) is 4.53. The number of H-pyrrole nitrogens is 1. The van der Waals surface area contributed by atoms with Gasteiger partial charge in [-0.1, -0.05) is 48.0 Å². The standard InChI is InChI=1S/C17H13N3/c1-11-6-8-12(9-7-11)16-14-10-18-15-5-3-2-4-13(15)17(14)20-19-16/h2-10H,1H3,(H,19,20). The van der Waals surface area contributed by atoms with Gasteiger partial charge in [0.1, 0.15) is 5.69 Å². The minimum absolute atomic E-state index is 0.957. The van der Waals surface area contributed by atoms with E-state index in [1.807, 2.05) is 24.4 Å². The third-order valence-electron chi connectivity index (χ3n) is 3.64. The first kappa shape index (κ1) is 11.2. The molecule has 0 spiro atoms. The van der Waals surface area contributed by atoms with Crippen molar-refractivity contribution in [1.29, 1.82) is 0 Å². The van der Waals surface area contributed by atoms with E-state index < -0.39 is 0 Å². The number of fused-ring (bicyclic) bond motifs is 3.